The van der Waals surface area contributed by atoms with E-state index >= 15 is 0 Å². The first-order valence-corrected chi connectivity index (χ1v) is 12.2. The molecule has 0 aliphatic carbocycles. The predicted molar refractivity (Wildman–Crippen MR) is 142 cm³/mol. The predicted octanol–water partition coefficient (Wildman–Crippen LogP) is 3.71. The molecule has 2 heterocycles. The molecule has 0 aliphatic heterocycles. The molecule has 5 N–H and O–H groups in total. The largest absolute Gasteiger partial charge is 0.494 e. The van der Waals surface area contributed by atoms with Gasteiger partial charge in [0.25, 0.3) is 5.91 Å². The number of benzene rings is 1. The molecule has 0 saturated carbocycles. The fourth-order valence-corrected chi connectivity index (χ4v) is 3.90. The number of rotatable bonds is 12. The van der Waals surface area contributed by atoms with Crippen LogP contribution in [0.4, 0.5) is 13.2 Å². The molecule has 1 aromatic carbocycles. The third-order valence-corrected chi connectivity index (χ3v) is 6.07. The first-order valence-electron chi connectivity index (χ1n) is 12.2. The summed E-state index contributed by atoms with van der Waals surface area (Å²) in [5.74, 6) is -0.0270. The molecule has 0 aliphatic rings. The summed E-state index contributed by atoms with van der Waals surface area (Å²) in [6.45, 7) is 2.78. The fourth-order valence-electron chi connectivity index (χ4n) is 3.90. The number of nitrogens with two attached hydrogens (primary N) is 2. The summed E-state index contributed by atoms with van der Waals surface area (Å²) >= 11 is 0. The number of nitrogens with zero attached hydrogens (tertiary/aromatic N) is 4. The van der Waals surface area contributed by atoms with Crippen LogP contribution in [0, 0.1) is 0 Å². The first-order chi connectivity index (χ1) is 18.6. The van der Waals surface area contributed by atoms with Gasteiger partial charge in [0.15, 0.2) is 11.5 Å². The molecule has 10 nitrogen and oxygen atoms in total. The van der Waals surface area contributed by atoms with Crippen LogP contribution in [0.2, 0.25) is 0 Å². The number of alkyl halides is 3. The second kappa shape index (κ2) is 13.2. The van der Waals surface area contributed by atoms with E-state index in [1.807, 2.05) is 6.92 Å². The van der Waals surface area contributed by atoms with Gasteiger partial charge in [-0.15, -0.1) is 0 Å². The third-order valence-electron chi connectivity index (χ3n) is 6.07. The van der Waals surface area contributed by atoms with E-state index in [1.165, 1.54) is 30.3 Å². The van der Waals surface area contributed by atoms with Crippen molar-refractivity contribution in [2.24, 2.45) is 16.5 Å². The number of halogens is 3. The normalized spacial score (nSPS) is 13.0. The first kappa shape index (κ1) is 29.6. The van der Waals surface area contributed by atoms with Crippen molar-refractivity contribution in [3.05, 3.63) is 53.7 Å². The van der Waals surface area contributed by atoms with Crippen LogP contribution in [0.1, 0.15) is 41.7 Å². The van der Waals surface area contributed by atoms with Crippen molar-refractivity contribution in [1.29, 1.82) is 0 Å². The van der Waals surface area contributed by atoms with Crippen molar-refractivity contribution in [2.45, 2.75) is 38.5 Å². The fraction of sp³-hybridized carbons (Fsp3) is 0.385. The maximum absolute atomic E-state index is 13.3. The number of aromatic nitrogens is 2. The molecule has 0 spiro atoms. The highest BCUT2D eigenvalue weighted by Gasteiger charge is 2.33. The van der Waals surface area contributed by atoms with E-state index in [9.17, 15) is 18.0 Å². The number of ether oxygens (including phenoxy) is 1. The van der Waals surface area contributed by atoms with E-state index in [1.54, 1.807) is 25.4 Å². The molecule has 0 fully saturated rings. The quantitative estimate of drug-likeness (QED) is 0.291. The van der Waals surface area contributed by atoms with Gasteiger partial charge in [-0.3, -0.25) is 15.1 Å². The number of carbonyl (C=O) groups excluding carboxylic acids is 1. The Morgan fingerprint density at radius 2 is 2.05 bits per heavy atom. The van der Waals surface area contributed by atoms with Crippen LogP contribution in [-0.4, -0.2) is 60.4 Å². The number of fused-ring (bicyclic) bond motifs is 1. The maximum Gasteiger partial charge on any atom is 0.433 e. The highest BCUT2D eigenvalue weighted by Crippen LogP contribution is 2.37. The smallest absolute Gasteiger partial charge is 0.433 e. The molecule has 13 heteroatoms. The Morgan fingerprint density at radius 3 is 2.69 bits per heavy atom. The van der Waals surface area contributed by atoms with E-state index in [-0.39, 0.29) is 47.1 Å². The molecule has 0 saturated heterocycles. The maximum atomic E-state index is 13.3. The van der Waals surface area contributed by atoms with E-state index in [2.05, 4.69) is 20.3 Å². The van der Waals surface area contributed by atoms with Crippen LogP contribution < -0.4 is 21.5 Å². The van der Waals surface area contributed by atoms with Gasteiger partial charge >= 0.3 is 6.18 Å². The van der Waals surface area contributed by atoms with Crippen LogP contribution >= 0.6 is 0 Å². The van der Waals surface area contributed by atoms with Crippen LogP contribution in [0.5, 0.6) is 5.75 Å². The standard InChI is InChI=1S/C26H32F3N7O3/c1-4-16(33-15-32-12-5-11-30)10-13-36(2)25(37)23-20(14-31)39-24(35-23)18-6-8-19(38-3)22-17(18)7-9-21(34-22)26(27,28)29/h5-9,11-12,16,33H,4,10,13-15,30-31H2,1-3H3/b11-5-,32-12-. The summed E-state index contributed by atoms with van der Waals surface area (Å²) in [5.41, 5.74) is 10.4. The molecule has 210 valence electrons. The Morgan fingerprint density at radius 1 is 1.28 bits per heavy atom. The SMILES string of the molecule is CCC(CCN(C)C(=O)c1nc(-c2ccc(OC)c3nc(C(F)(F)F)ccc23)oc1CN)NC/N=C\C=C/N. The van der Waals surface area contributed by atoms with Gasteiger partial charge < -0.3 is 25.5 Å². The summed E-state index contributed by atoms with van der Waals surface area (Å²) in [6, 6.07) is 5.33. The number of carbonyl (C=O) groups is 1. The highest BCUT2D eigenvalue weighted by molar-refractivity contribution is 5.98. The third kappa shape index (κ3) is 7.12. The number of hydrogen-bond acceptors (Lipinski definition) is 9. The number of nitrogens with one attached hydrogen (secondary N) is 1. The van der Waals surface area contributed by atoms with Gasteiger partial charge in [-0.1, -0.05) is 6.92 Å². The van der Waals surface area contributed by atoms with Crippen molar-refractivity contribution in [1.82, 2.24) is 20.2 Å². The van der Waals surface area contributed by atoms with Crippen molar-refractivity contribution in [3.63, 3.8) is 0 Å². The molecule has 1 amide bonds. The van der Waals surface area contributed by atoms with Crippen LogP contribution in [0.15, 0.2) is 46.0 Å². The lowest BCUT2D eigenvalue weighted by atomic mass is 10.1. The van der Waals surface area contributed by atoms with Gasteiger partial charge in [0.05, 0.1) is 20.3 Å². The molecule has 39 heavy (non-hydrogen) atoms. The van der Waals surface area contributed by atoms with Crippen molar-refractivity contribution >= 4 is 23.0 Å². The highest BCUT2D eigenvalue weighted by atomic mass is 19.4. The summed E-state index contributed by atoms with van der Waals surface area (Å²) in [4.78, 5) is 27.1. The Balaban J connectivity index is 1.84. The van der Waals surface area contributed by atoms with Gasteiger partial charge in [-0.05, 0) is 49.4 Å². The van der Waals surface area contributed by atoms with E-state index in [0.29, 0.717) is 30.6 Å². The minimum Gasteiger partial charge on any atom is -0.494 e. The van der Waals surface area contributed by atoms with Gasteiger partial charge in [-0.2, -0.15) is 13.2 Å². The molecule has 3 aromatic rings. The zero-order valence-corrected chi connectivity index (χ0v) is 22.0. The Bertz CT molecular complexity index is 1340. The van der Waals surface area contributed by atoms with Crippen LogP contribution in [0.25, 0.3) is 22.4 Å². The average Bonchev–Trinajstić information content (AvgIpc) is 3.36. The van der Waals surface area contributed by atoms with Crippen molar-refractivity contribution in [3.8, 4) is 17.2 Å². The monoisotopic (exact) mass is 547 g/mol. The van der Waals surface area contributed by atoms with Crippen molar-refractivity contribution < 1.29 is 27.1 Å². The summed E-state index contributed by atoms with van der Waals surface area (Å²) in [6.07, 6.45) is 1.49. The molecule has 0 radical (unpaired) electrons. The minimum atomic E-state index is -4.63. The number of allylic oxidation sites excluding steroid dienone is 1. The average molecular weight is 548 g/mol. The lowest BCUT2D eigenvalue weighted by molar-refractivity contribution is -0.140. The molecule has 3 rings (SSSR count). The molecular weight excluding hydrogens is 515 g/mol. The number of amides is 1. The van der Waals surface area contributed by atoms with E-state index < -0.39 is 11.9 Å². The molecule has 2 aromatic heterocycles. The Hall–Kier alpha value is -3.97. The second-order valence-electron chi connectivity index (χ2n) is 8.60. The number of methoxy groups -OCH3 is 1. The number of aliphatic imine (C=N–C) groups is 1. The number of oxazole rings is 1. The van der Waals surface area contributed by atoms with E-state index in [0.717, 1.165) is 12.5 Å². The zero-order chi connectivity index (χ0) is 28.6. The number of hydrogen-bond donors (Lipinski definition) is 3. The molecule has 1 atom stereocenters. The zero-order valence-electron chi connectivity index (χ0n) is 22.0. The van der Waals surface area contributed by atoms with Crippen molar-refractivity contribution in [2.75, 3.05) is 27.4 Å². The second-order valence-corrected chi connectivity index (χ2v) is 8.60. The Labute approximate surface area is 223 Å². The van der Waals surface area contributed by atoms with Gasteiger partial charge in [0.1, 0.15) is 17.0 Å². The minimum absolute atomic E-state index is 0.0104. The lowest BCUT2D eigenvalue weighted by Gasteiger charge is -2.21. The summed E-state index contributed by atoms with van der Waals surface area (Å²) in [5, 5.41) is 3.62. The molecular formula is C26H32F3N7O3. The molecule has 0 bridgehead atoms. The van der Waals surface area contributed by atoms with E-state index in [4.69, 9.17) is 20.6 Å². The topological polar surface area (TPSA) is 145 Å². The van der Waals surface area contributed by atoms with Gasteiger partial charge in [0, 0.05) is 36.8 Å². The number of pyridine rings is 1. The Kier molecular flexibility index (Phi) is 10.0. The van der Waals surface area contributed by atoms with Crippen LogP contribution in [-0.2, 0) is 12.7 Å². The molecule has 1 unspecified atom stereocenters. The summed E-state index contributed by atoms with van der Waals surface area (Å²) in [7, 11) is 2.99. The summed E-state index contributed by atoms with van der Waals surface area (Å²) < 4.78 is 50.9. The van der Waals surface area contributed by atoms with Gasteiger partial charge in [-0.25, -0.2) is 9.97 Å². The lowest BCUT2D eigenvalue weighted by Crippen LogP contribution is -2.35. The van der Waals surface area contributed by atoms with Crippen LogP contribution in [0.3, 0.4) is 0 Å². The van der Waals surface area contributed by atoms with Gasteiger partial charge in [0.2, 0.25) is 5.89 Å².